The second-order valence-electron chi connectivity index (χ2n) is 6.10. The molecule has 1 saturated heterocycles. The van der Waals surface area contributed by atoms with Crippen LogP contribution in [0.5, 0.6) is 0 Å². The first-order valence-corrected chi connectivity index (χ1v) is 8.93. The molecule has 11 heteroatoms. The molecule has 0 aromatic carbocycles. The predicted octanol–water partition coefficient (Wildman–Crippen LogP) is 6.39. The Labute approximate surface area is 152 Å². The summed E-state index contributed by atoms with van der Waals surface area (Å²) >= 11 is 1.38. The standard InChI is InChI=1S/C14H18F9IO/c15-11(16,12(17,18)13(19,20)14(21,22)23)7-9(24)5-3-1-2-4-6-10-8-25-10/h9-10H,1-8H2. The molecule has 25 heavy (non-hydrogen) atoms. The first-order chi connectivity index (χ1) is 11.2. The van der Waals surface area contributed by atoms with E-state index in [1.54, 1.807) is 0 Å². The highest BCUT2D eigenvalue weighted by molar-refractivity contribution is 14.1. The van der Waals surface area contributed by atoms with Crippen LogP contribution in [0.25, 0.3) is 0 Å². The largest absolute Gasteiger partial charge is 0.460 e. The van der Waals surface area contributed by atoms with Gasteiger partial charge in [-0.3, -0.25) is 0 Å². The molecule has 0 aliphatic carbocycles. The van der Waals surface area contributed by atoms with Gasteiger partial charge in [0.2, 0.25) is 0 Å². The van der Waals surface area contributed by atoms with Crippen molar-refractivity contribution in [2.45, 2.75) is 78.9 Å². The first kappa shape index (κ1) is 23.1. The van der Waals surface area contributed by atoms with Crippen molar-refractivity contribution in [3.8, 4) is 0 Å². The molecule has 1 aliphatic heterocycles. The van der Waals surface area contributed by atoms with Crippen LogP contribution in [0.1, 0.15) is 44.9 Å². The van der Waals surface area contributed by atoms with Crippen molar-refractivity contribution in [3.05, 3.63) is 0 Å². The van der Waals surface area contributed by atoms with Gasteiger partial charge in [0.1, 0.15) is 0 Å². The van der Waals surface area contributed by atoms with Gasteiger partial charge in [-0.05, 0) is 12.8 Å². The lowest BCUT2D eigenvalue weighted by Crippen LogP contribution is -2.61. The van der Waals surface area contributed by atoms with E-state index in [4.69, 9.17) is 4.74 Å². The van der Waals surface area contributed by atoms with Gasteiger partial charge in [-0.2, -0.15) is 39.5 Å². The second-order valence-corrected chi connectivity index (χ2v) is 7.86. The van der Waals surface area contributed by atoms with Crippen molar-refractivity contribution in [3.63, 3.8) is 0 Å². The highest BCUT2D eigenvalue weighted by atomic mass is 127. The lowest BCUT2D eigenvalue weighted by molar-refractivity contribution is -0.396. The normalized spacial score (nSPS) is 20.6. The summed E-state index contributed by atoms with van der Waals surface area (Å²) in [6.45, 7) is 0.724. The summed E-state index contributed by atoms with van der Waals surface area (Å²) in [5.41, 5.74) is 0. The summed E-state index contributed by atoms with van der Waals surface area (Å²) in [6, 6.07) is 0. The van der Waals surface area contributed by atoms with Crippen molar-refractivity contribution in [1.29, 1.82) is 0 Å². The third kappa shape index (κ3) is 6.03. The van der Waals surface area contributed by atoms with Crippen LogP contribution in [0, 0.1) is 0 Å². The maximum atomic E-state index is 13.5. The summed E-state index contributed by atoms with van der Waals surface area (Å²) in [5.74, 6) is -18.8. The minimum absolute atomic E-state index is 0.0315. The monoisotopic (exact) mass is 500 g/mol. The van der Waals surface area contributed by atoms with Crippen LogP contribution in [0.3, 0.4) is 0 Å². The van der Waals surface area contributed by atoms with Crippen molar-refractivity contribution >= 4 is 22.6 Å². The van der Waals surface area contributed by atoms with Crippen LogP contribution in [0.4, 0.5) is 39.5 Å². The maximum absolute atomic E-state index is 13.5. The Morgan fingerprint density at radius 3 is 1.84 bits per heavy atom. The fourth-order valence-corrected chi connectivity index (χ4v) is 3.24. The molecular weight excluding hydrogens is 482 g/mol. The number of rotatable bonds is 11. The van der Waals surface area contributed by atoms with E-state index in [1.807, 2.05) is 0 Å². The Hall–Kier alpha value is 0.0600. The van der Waals surface area contributed by atoms with Crippen molar-refractivity contribution in [2.75, 3.05) is 6.61 Å². The van der Waals surface area contributed by atoms with Gasteiger partial charge in [0.05, 0.1) is 12.7 Å². The van der Waals surface area contributed by atoms with Gasteiger partial charge >= 0.3 is 23.9 Å². The van der Waals surface area contributed by atoms with Gasteiger partial charge < -0.3 is 4.74 Å². The number of epoxide rings is 1. The summed E-state index contributed by atoms with van der Waals surface area (Å²) < 4.78 is 119. The molecule has 1 fully saturated rings. The van der Waals surface area contributed by atoms with Gasteiger partial charge in [-0.1, -0.05) is 48.3 Å². The van der Waals surface area contributed by atoms with E-state index in [0.29, 0.717) is 12.8 Å². The highest BCUT2D eigenvalue weighted by Crippen LogP contribution is 2.54. The van der Waals surface area contributed by atoms with Crippen molar-refractivity contribution < 1.29 is 44.3 Å². The lowest BCUT2D eigenvalue weighted by atomic mass is 9.97. The lowest BCUT2D eigenvalue weighted by Gasteiger charge is -2.34. The number of ether oxygens (including phenoxy) is 1. The molecule has 0 amide bonds. The molecule has 0 spiro atoms. The summed E-state index contributed by atoms with van der Waals surface area (Å²) in [7, 11) is 0. The molecule has 0 radical (unpaired) electrons. The minimum Gasteiger partial charge on any atom is -0.373 e. The third-order valence-electron chi connectivity index (χ3n) is 3.88. The van der Waals surface area contributed by atoms with Crippen LogP contribution in [-0.4, -0.2) is 40.6 Å². The Morgan fingerprint density at radius 1 is 0.840 bits per heavy atom. The van der Waals surface area contributed by atoms with Crippen molar-refractivity contribution in [1.82, 2.24) is 0 Å². The van der Waals surface area contributed by atoms with E-state index in [1.165, 1.54) is 22.6 Å². The van der Waals surface area contributed by atoms with E-state index in [9.17, 15) is 39.5 Å². The highest BCUT2D eigenvalue weighted by Gasteiger charge is 2.81. The molecule has 2 unspecified atom stereocenters. The van der Waals surface area contributed by atoms with Gasteiger partial charge in [0.25, 0.3) is 0 Å². The Bertz CT molecular complexity index is 421. The molecule has 0 N–H and O–H groups in total. The number of alkyl halides is 10. The molecule has 1 rings (SSSR count). The Morgan fingerprint density at radius 2 is 1.36 bits per heavy atom. The van der Waals surface area contributed by atoms with Crippen LogP contribution >= 0.6 is 22.6 Å². The van der Waals surface area contributed by atoms with E-state index >= 15 is 0 Å². The molecule has 0 aromatic heterocycles. The molecule has 0 aromatic rings. The zero-order valence-corrected chi connectivity index (χ0v) is 15.2. The smallest absolute Gasteiger partial charge is 0.373 e. The number of halogens is 10. The summed E-state index contributed by atoms with van der Waals surface area (Å²) in [5, 5.41) is 0. The van der Waals surface area contributed by atoms with Crippen molar-refractivity contribution in [2.24, 2.45) is 0 Å². The molecule has 1 heterocycles. The molecule has 1 nitrogen and oxygen atoms in total. The first-order valence-electron chi connectivity index (χ1n) is 7.68. The zero-order chi connectivity index (χ0) is 19.5. The van der Waals surface area contributed by atoms with Crippen LogP contribution in [0.2, 0.25) is 0 Å². The second kappa shape index (κ2) is 8.39. The molecule has 2 atom stereocenters. The molecule has 1 aliphatic rings. The van der Waals surface area contributed by atoms with E-state index in [2.05, 4.69) is 0 Å². The van der Waals surface area contributed by atoms with Gasteiger partial charge in [0.15, 0.2) is 0 Å². The topological polar surface area (TPSA) is 12.5 Å². The third-order valence-corrected chi connectivity index (χ3v) is 4.95. The summed E-state index contributed by atoms with van der Waals surface area (Å²) in [6.07, 6.45) is -4.65. The predicted molar refractivity (Wildman–Crippen MR) is 80.8 cm³/mol. The maximum Gasteiger partial charge on any atom is 0.460 e. The zero-order valence-electron chi connectivity index (χ0n) is 13.0. The molecule has 0 bridgehead atoms. The number of hydrogen-bond acceptors (Lipinski definition) is 1. The van der Waals surface area contributed by atoms with E-state index in [-0.39, 0.29) is 12.5 Å². The minimum atomic E-state index is -6.80. The fourth-order valence-electron chi connectivity index (χ4n) is 2.24. The molecular formula is C14H18F9IO. The Kier molecular flexibility index (Phi) is 7.75. The van der Waals surface area contributed by atoms with Gasteiger partial charge in [-0.15, -0.1) is 0 Å². The summed E-state index contributed by atoms with van der Waals surface area (Å²) in [4.78, 5) is 0. The Balaban J connectivity index is 2.45. The van der Waals surface area contributed by atoms with Gasteiger partial charge in [-0.25, -0.2) is 0 Å². The SMILES string of the molecule is FC(F)(F)C(F)(F)C(F)(F)C(F)(F)CC(I)CCCCCCC1CO1. The van der Waals surface area contributed by atoms with E-state index < -0.39 is 34.3 Å². The number of hydrogen-bond donors (Lipinski definition) is 0. The molecule has 0 saturated carbocycles. The van der Waals surface area contributed by atoms with Crippen LogP contribution in [0.15, 0.2) is 0 Å². The fraction of sp³-hybridized carbons (Fsp3) is 1.00. The number of unbranched alkanes of at least 4 members (excludes halogenated alkanes) is 3. The quantitative estimate of drug-likeness (QED) is 0.105. The van der Waals surface area contributed by atoms with E-state index in [0.717, 1.165) is 25.9 Å². The van der Waals surface area contributed by atoms with Gasteiger partial charge in [0, 0.05) is 10.3 Å². The molecule has 150 valence electrons. The average Bonchev–Trinajstić information content (AvgIpc) is 3.24. The van der Waals surface area contributed by atoms with Crippen LogP contribution < -0.4 is 0 Å². The average molecular weight is 500 g/mol. The van der Waals surface area contributed by atoms with Crippen LogP contribution in [-0.2, 0) is 4.74 Å².